The van der Waals surface area contributed by atoms with Crippen molar-refractivity contribution in [1.29, 1.82) is 0 Å². The second-order valence-electron chi connectivity index (χ2n) is 6.42. The largest absolute Gasteiger partial charge is 0.485 e. The van der Waals surface area contributed by atoms with Crippen LogP contribution in [0.5, 0.6) is 5.75 Å². The quantitative estimate of drug-likeness (QED) is 0.680. The normalized spacial score (nSPS) is 19.1. The summed E-state index contributed by atoms with van der Waals surface area (Å²) in [5.74, 6) is 0.696. The number of hydrogen-bond donors (Lipinski definition) is 1. The van der Waals surface area contributed by atoms with Crippen LogP contribution in [0.1, 0.15) is 29.7 Å². The van der Waals surface area contributed by atoms with Crippen LogP contribution in [0.25, 0.3) is 0 Å². The van der Waals surface area contributed by atoms with Crippen molar-refractivity contribution in [2.24, 2.45) is 0 Å². The van der Waals surface area contributed by atoms with E-state index in [4.69, 9.17) is 16.3 Å². The first kappa shape index (κ1) is 18.0. The Labute approximate surface area is 163 Å². The van der Waals surface area contributed by atoms with Gasteiger partial charge in [0.25, 0.3) is 0 Å². The SMILES string of the molecule is O=S(=O)(NC1CC(c2ccccc2)Oc2ccccc21)c1ccc(Cl)cc1. The predicted octanol–water partition coefficient (Wildman–Crippen LogP) is 4.88. The molecule has 1 aliphatic heterocycles. The summed E-state index contributed by atoms with van der Waals surface area (Å²) in [4.78, 5) is 0.187. The third-order valence-electron chi connectivity index (χ3n) is 4.61. The summed E-state index contributed by atoms with van der Waals surface area (Å²) in [5.41, 5.74) is 1.85. The number of ether oxygens (including phenoxy) is 1. The fraction of sp³-hybridized carbons (Fsp3) is 0.143. The van der Waals surface area contributed by atoms with Crippen molar-refractivity contribution in [2.75, 3.05) is 0 Å². The molecule has 2 unspecified atom stereocenters. The molecule has 0 spiro atoms. The van der Waals surface area contributed by atoms with Gasteiger partial charge in [0.05, 0.1) is 10.9 Å². The molecule has 27 heavy (non-hydrogen) atoms. The number of fused-ring (bicyclic) bond motifs is 1. The maximum absolute atomic E-state index is 12.9. The summed E-state index contributed by atoms with van der Waals surface area (Å²) in [7, 11) is -3.69. The summed E-state index contributed by atoms with van der Waals surface area (Å²) < 4.78 is 34.7. The average Bonchev–Trinajstić information content (AvgIpc) is 2.69. The van der Waals surface area contributed by atoms with Gasteiger partial charge in [-0.1, -0.05) is 60.1 Å². The molecule has 0 aliphatic carbocycles. The lowest BCUT2D eigenvalue weighted by molar-refractivity contribution is 0.157. The van der Waals surface area contributed by atoms with E-state index >= 15 is 0 Å². The topological polar surface area (TPSA) is 55.4 Å². The Morgan fingerprint density at radius 3 is 2.30 bits per heavy atom. The minimum Gasteiger partial charge on any atom is -0.485 e. The zero-order chi connectivity index (χ0) is 18.9. The van der Waals surface area contributed by atoms with Crippen LogP contribution in [0.15, 0.2) is 83.8 Å². The highest BCUT2D eigenvalue weighted by atomic mass is 35.5. The van der Waals surface area contributed by atoms with E-state index in [2.05, 4.69) is 4.72 Å². The minimum absolute atomic E-state index is 0.187. The fourth-order valence-electron chi connectivity index (χ4n) is 3.27. The lowest BCUT2D eigenvalue weighted by atomic mass is 9.94. The standard InChI is InChI=1S/C21H18ClNO3S/c22-16-10-12-17(13-11-16)27(24,25)23-19-14-21(15-6-2-1-3-7-15)26-20-9-5-4-8-18(19)20/h1-13,19,21,23H,14H2. The van der Waals surface area contributed by atoms with E-state index in [1.807, 2.05) is 54.6 Å². The molecule has 0 bridgehead atoms. The molecule has 0 saturated carbocycles. The van der Waals surface area contributed by atoms with Crippen LogP contribution in [0, 0.1) is 0 Å². The third kappa shape index (κ3) is 3.86. The van der Waals surface area contributed by atoms with Crippen LogP contribution in [-0.4, -0.2) is 8.42 Å². The van der Waals surface area contributed by atoms with Crippen LogP contribution in [0.2, 0.25) is 5.02 Å². The molecule has 2 atom stereocenters. The Kier molecular flexibility index (Phi) is 4.91. The molecule has 1 heterocycles. The molecule has 3 aromatic carbocycles. The molecular formula is C21H18ClNO3S. The number of hydrogen-bond acceptors (Lipinski definition) is 3. The predicted molar refractivity (Wildman–Crippen MR) is 105 cm³/mol. The molecule has 0 aromatic heterocycles. The van der Waals surface area contributed by atoms with Crippen molar-refractivity contribution in [3.63, 3.8) is 0 Å². The van der Waals surface area contributed by atoms with Gasteiger partial charge in [-0.3, -0.25) is 0 Å². The molecule has 6 heteroatoms. The average molecular weight is 400 g/mol. The number of sulfonamides is 1. The lowest BCUT2D eigenvalue weighted by Crippen LogP contribution is -2.33. The van der Waals surface area contributed by atoms with E-state index in [1.54, 1.807) is 12.1 Å². The Hall–Kier alpha value is -2.34. The first-order chi connectivity index (χ1) is 13.0. The van der Waals surface area contributed by atoms with Crippen LogP contribution in [0.4, 0.5) is 0 Å². The van der Waals surface area contributed by atoms with Crippen LogP contribution in [0.3, 0.4) is 0 Å². The van der Waals surface area contributed by atoms with Gasteiger partial charge < -0.3 is 4.74 Å². The Balaban J connectivity index is 1.67. The molecule has 0 amide bonds. The van der Waals surface area contributed by atoms with E-state index < -0.39 is 10.0 Å². The van der Waals surface area contributed by atoms with E-state index in [1.165, 1.54) is 12.1 Å². The van der Waals surface area contributed by atoms with Crippen molar-refractivity contribution < 1.29 is 13.2 Å². The number of halogens is 1. The monoisotopic (exact) mass is 399 g/mol. The van der Waals surface area contributed by atoms with Gasteiger partial charge in [-0.15, -0.1) is 0 Å². The van der Waals surface area contributed by atoms with Gasteiger partial charge in [0.2, 0.25) is 10.0 Å². The Morgan fingerprint density at radius 1 is 0.889 bits per heavy atom. The summed E-state index contributed by atoms with van der Waals surface area (Å²) in [6.45, 7) is 0. The van der Waals surface area contributed by atoms with Crippen molar-refractivity contribution in [3.05, 3.63) is 95.0 Å². The van der Waals surface area contributed by atoms with Gasteiger partial charge in [-0.05, 0) is 35.9 Å². The van der Waals surface area contributed by atoms with Crippen molar-refractivity contribution in [1.82, 2.24) is 4.72 Å². The third-order valence-corrected chi connectivity index (χ3v) is 6.35. The smallest absolute Gasteiger partial charge is 0.241 e. The fourth-order valence-corrected chi connectivity index (χ4v) is 4.62. The second-order valence-corrected chi connectivity index (χ2v) is 8.57. The highest BCUT2D eigenvalue weighted by Crippen LogP contribution is 2.41. The molecule has 1 aliphatic rings. The zero-order valence-corrected chi connectivity index (χ0v) is 16.0. The van der Waals surface area contributed by atoms with E-state index in [-0.39, 0.29) is 17.0 Å². The molecule has 0 radical (unpaired) electrons. The van der Waals surface area contributed by atoms with Gasteiger partial charge >= 0.3 is 0 Å². The molecular weight excluding hydrogens is 382 g/mol. The van der Waals surface area contributed by atoms with Gasteiger partial charge in [-0.25, -0.2) is 13.1 Å². The first-order valence-electron chi connectivity index (χ1n) is 8.61. The molecule has 4 nitrogen and oxygen atoms in total. The summed E-state index contributed by atoms with van der Waals surface area (Å²) in [5, 5.41) is 0.495. The van der Waals surface area contributed by atoms with Crippen molar-refractivity contribution >= 4 is 21.6 Å². The lowest BCUT2D eigenvalue weighted by Gasteiger charge is -2.32. The summed E-state index contributed by atoms with van der Waals surface area (Å²) in [6, 6.07) is 23.1. The van der Waals surface area contributed by atoms with Crippen LogP contribution < -0.4 is 9.46 Å². The highest BCUT2D eigenvalue weighted by molar-refractivity contribution is 7.89. The molecule has 3 aromatic rings. The van der Waals surface area contributed by atoms with Crippen LogP contribution in [-0.2, 0) is 10.0 Å². The van der Waals surface area contributed by atoms with Gasteiger partial charge in [-0.2, -0.15) is 0 Å². The Bertz CT molecular complexity index is 1040. The number of benzene rings is 3. The highest BCUT2D eigenvalue weighted by Gasteiger charge is 2.32. The van der Waals surface area contributed by atoms with Gasteiger partial charge in [0.1, 0.15) is 11.9 Å². The van der Waals surface area contributed by atoms with E-state index in [0.717, 1.165) is 11.1 Å². The Morgan fingerprint density at radius 2 is 1.56 bits per heavy atom. The van der Waals surface area contributed by atoms with E-state index in [0.29, 0.717) is 17.2 Å². The van der Waals surface area contributed by atoms with Crippen molar-refractivity contribution in [2.45, 2.75) is 23.5 Å². The van der Waals surface area contributed by atoms with Gasteiger partial charge in [0.15, 0.2) is 0 Å². The maximum Gasteiger partial charge on any atom is 0.241 e. The minimum atomic E-state index is -3.69. The second kappa shape index (κ2) is 7.35. The van der Waals surface area contributed by atoms with Gasteiger partial charge in [0, 0.05) is 17.0 Å². The van der Waals surface area contributed by atoms with Crippen LogP contribution >= 0.6 is 11.6 Å². The molecule has 138 valence electrons. The number of rotatable bonds is 4. The van der Waals surface area contributed by atoms with Crippen molar-refractivity contribution in [3.8, 4) is 5.75 Å². The number of nitrogens with one attached hydrogen (secondary N) is 1. The van der Waals surface area contributed by atoms with E-state index in [9.17, 15) is 8.42 Å². The maximum atomic E-state index is 12.9. The number of para-hydroxylation sites is 1. The summed E-state index contributed by atoms with van der Waals surface area (Å²) in [6.07, 6.45) is 0.285. The first-order valence-corrected chi connectivity index (χ1v) is 10.5. The molecule has 0 fully saturated rings. The molecule has 0 saturated heterocycles. The molecule has 4 rings (SSSR count). The molecule has 1 N–H and O–H groups in total. The summed E-state index contributed by atoms with van der Waals surface area (Å²) >= 11 is 5.88. The zero-order valence-electron chi connectivity index (χ0n) is 14.4.